The minimum absolute atomic E-state index is 0.910. The fraction of sp³-hybridized carbons (Fsp3) is 0. The maximum Gasteiger partial charge on any atom is 0.138 e. The van der Waals surface area contributed by atoms with Crippen LogP contribution in [-0.2, 0) is 0 Å². The van der Waals surface area contributed by atoms with Gasteiger partial charge in [0.05, 0.1) is 32.2 Å². The lowest BCUT2D eigenvalue weighted by Gasteiger charge is -2.13. The third-order valence-electron chi connectivity index (χ3n) is 5.07. The van der Waals surface area contributed by atoms with Gasteiger partial charge >= 0.3 is 0 Å². The van der Waals surface area contributed by atoms with Crippen molar-refractivity contribution in [1.82, 2.24) is 14.5 Å². The second kappa shape index (κ2) is 6.65. The zero-order chi connectivity index (χ0) is 19.2. The average molecular weight is 410 g/mol. The highest BCUT2D eigenvalue weighted by molar-refractivity contribution is 7.14. The van der Waals surface area contributed by atoms with Crippen molar-refractivity contribution in [2.24, 2.45) is 0 Å². The van der Waals surface area contributed by atoms with Crippen LogP contribution in [0, 0.1) is 0 Å². The van der Waals surface area contributed by atoms with Gasteiger partial charge in [0.15, 0.2) is 0 Å². The number of hydrogen-bond acceptors (Lipinski definition) is 4. The van der Waals surface area contributed by atoms with E-state index in [2.05, 4.69) is 87.0 Å². The Bertz CT molecular complexity index is 1390. The van der Waals surface area contributed by atoms with Crippen LogP contribution in [-0.4, -0.2) is 14.5 Å². The third-order valence-corrected chi connectivity index (χ3v) is 6.86. The highest BCUT2D eigenvalue weighted by Crippen LogP contribution is 2.36. The Hall–Kier alpha value is -3.28. The molecule has 138 valence electrons. The Morgan fingerprint density at radius 3 is 1.93 bits per heavy atom. The number of hydrogen-bond donors (Lipinski definition) is 0. The SMILES string of the molecule is c1csc(-c2ccc(-c3cccs3)n2-c2ccc3ccc4cccnc4c3n2)c1. The molecular formula is C24H15N3S2. The van der Waals surface area contributed by atoms with Gasteiger partial charge in [-0.15, -0.1) is 22.7 Å². The van der Waals surface area contributed by atoms with E-state index in [1.807, 2.05) is 12.3 Å². The van der Waals surface area contributed by atoms with Gasteiger partial charge in [0.2, 0.25) is 0 Å². The van der Waals surface area contributed by atoms with Crippen molar-refractivity contribution in [2.75, 3.05) is 0 Å². The van der Waals surface area contributed by atoms with E-state index in [-0.39, 0.29) is 0 Å². The minimum atomic E-state index is 0.910. The van der Waals surface area contributed by atoms with E-state index in [1.54, 1.807) is 22.7 Å². The van der Waals surface area contributed by atoms with E-state index in [1.165, 1.54) is 9.75 Å². The van der Waals surface area contributed by atoms with Crippen LogP contribution in [0.15, 0.2) is 89.8 Å². The molecule has 5 aromatic heterocycles. The van der Waals surface area contributed by atoms with E-state index in [4.69, 9.17) is 4.98 Å². The third kappa shape index (κ3) is 2.70. The van der Waals surface area contributed by atoms with Gasteiger partial charge in [-0.25, -0.2) is 4.98 Å². The molecule has 0 aliphatic heterocycles. The van der Waals surface area contributed by atoms with Gasteiger partial charge in [0, 0.05) is 17.0 Å². The average Bonchev–Trinajstić information content (AvgIpc) is 3.54. The normalized spacial score (nSPS) is 11.4. The summed E-state index contributed by atoms with van der Waals surface area (Å²) in [4.78, 5) is 12.2. The highest BCUT2D eigenvalue weighted by Gasteiger charge is 2.16. The van der Waals surface area contributed by atoms with Gasteiger partial charge in [-0.2, -0.15) is 0 Å². The number of rotatable bonds is 3. The molecule has 0 saturated heterocycles. The molecule has 6 aromatic rings. The second-order valence-electron chi connectivity index (χ2n) is 6.78. The lowest BCUT2D eigenvalue weighted by molar-refractivity contribution is 1.04. The van der Waals surface area contributed by atoms with Crippen molar-refractivity contribution in [1.29, 1.82) is 0 Å². The molecular weight excluding hydrogens is 394 g/mol. The van der Waals surface area contributed by atoms with E-state index >= 15 is 0 Å². The van der Waals surface area contributed by atoms with Crippen molar-refractivity contribution in [3.8, 4) is 27.0 Å². The summed E-state index contributed by atoms with van der Waals surface area (Å²) in [5, 5.41) is 6.43. The number of nitrogens with zero attached hydrogens (tertiary/aromatic N) is 3. The predicted molar refractivity (Wildman–Crippen MR) is 123 cm³/mol. The molecule has 0 bridgehead atoms. The fourth-order valence-corrected chi connectivity index (χ4v) is 5.24. The first-order chi connectivity index (χ1) is 14.4. The Balaban J connectivity index is 1.66. The lowest BCUT2D eigenvalue weighted by atomic mass is 10.1. The van der Waals surface area contributed by atoms with Crippen LogP contribution in [0.3, 0.4) is 0 Å². The Kier molecular flexibility index (Phi) is 3.82. The molecule has 29 heavy (non-hydrogen) atoms. The molecule has 1 aromatic carbocycles. The smallest absolute Gasteiger partial charge is 0.138 e. The minimum Gasteiger partial charge on any atom is -0.292 e. The molecule has 0 radical (unpaired) electrons. The van der Waals surface area contributed by atoms with Crippen molar-refractivity contribution in [2.45, 2.75) is 0 Å². The first-order valence-electron chi connectivity index (χ1n) is 9.33. The summed E-state index contributed by atoms with van der Waals surface area (Å²) in [6.07, 6.45) is 1.83. The molecule has 0 aliphatic carbocycles. The van der Waals surface area contributed by atoms with Gasteiger partial charge in [-0.3, -0.25) is 9.55 Å². The first kappa shape index (κ1) is 16.7. The van der Waals surface area contributed by atoms with Gasteiger partial charge in [0.1, 0.15) is 5.82 Å². The number of benzene rings is 1. The predicted octanol–water partition coefficient (Wildman–Crippen LogP) is 7.03. The van der Waals surface area contributed by atoms with Gasteiger partial charge in [-0.05, 0) is 53.2 Å². The van der Waals surface area contributed by atoms with Crippen LogP contribution in [0.5, 0.6) is 0 Å². The molecule has 0 fully saturated rings. The standard InChI is InChI=1S/C24H15N3S2/c1-4-16-7-8-17-9-12-22(26-24(17)23(16)25-13-1)27-18(20-5-2-14-28-20)10-11-19(27)21-6-3-15-29-21/h1-15H. The van der Waals surface area contributed by atoms with Crippen molar-refractivity contribution >= 4 is 44.5 Å². The lowest BCUT2D eigenvalue weighted by Crippen LogP contribution is -2.01. The summed E-state index contributed by atoms with van der Waals surface area (Å²) in [6, 6.07) is 25.4. The number of aromatic nitrogens is 3. The molecule has 3 nitrogen and oxygen atoms in total. The van der Waals surface area contributed by atoms with Crippen LogP contribution in [0.2, 0.25) is 0 Å². The molecule has 6 rings (SSSR count). The maximum absolute atomic E-state index is 5.10. The monoisotopic (exact) mass is 409 g/mol. The summed E-state index contributed by atoms with van der Waals surface area (Å²) >= 11 is 3.49. The van der Waals surface area contributed by atoms with Crippen LogP contribution in [0.1, 0.15) is 0 Å². The van der Waals surface area contributed by atoms with Crippen LogP contribution >= 0.6 is 22.7 Å². The van der Waals surface area contributed by atoms with Crippen molar-refractivity contribution < 1.29 is 0 Å². The molecule has 0 saturated carbocycles. The quantitative estimate of drug-likeness (QED) is 0.294. The zero-order valence-corrected chi connectivity index (χ0v) is 17.0. The largest absolute Gasteiger partial charge is 0.292 e. The molecule has 0 aliphatic rings. The topological polar surface area (TPSA) is 30.7 Å². The number of fused-ring (bicyclic) bond motifs is 3. The highest BCUT2D eigenvalue weighted by atomic mass is 32.1. The zero-order valence-electron chi connectivity index (χ0n) is 15.3. The molecule has 0 spiro atoms. The molecule has 5 heteroatoms. The first-order valence-corrected chi connectivity index (χ1v) is 11.1. The van der Waals surface area contributed by atoms with Crippen LogP contribution < -0.4 is 0 Å². The van der Waals surface area contributed by atoms with Gasteiger partial charge in [0.25, 0.3) is 0 Å². The summed E-state index contributed by atoms with van der Waals surface area (Å²) in [5.41, 5.74) is 4.19. The van der Waals surface area contributed by atoms with E-state index in [0.29, 0.717) is 0 Å². The molecule has 0 unspecified atom stereocenters. The Morgan fingerprint density at radius 2 is 1.28 bits per heavy atom. The van der Waals surface area contributed by atoms with E-state index in [0.717, 1.165) is 39.0 Å². The molecule has 0 amide bonds. The van der Waals surface area contributed by atoms with Crippen molar-refractivity contribution in [3.05, 3.63) is 89.8 Å². The summed E-state index contributed by atoms with van der Waals surface area (Å²) in [5.74, 6) is 0.910. The molecule has 5 heterocycles. The van der Waals surface area contributed by atoms with Crippen molar-refractivity contribution in [3.63, 3.8) is 0 Å². The number of thiophene rings is 2. The fourth-order valence-electron chi connectivity index (χ4n) is 3.75. The summed E-state index contributed by atoms with van der Waals surface area (Å²) < 4.78 is 2.26. The Morgan fingerprint density at radius 1 is 0.621 bits per heavy atom. The van der Waals surface area contributed by atoms with E-state index in [9.17, 15) is 0 Å². The second-order valence-corrected chi connectivity index (χ2v) is 8.67. The van der Waals surface area contributed by atoms with Crippen LogP contribution in [0.25, 0.3) is 48.8 Å². The number of pyridine rings is 2. The maximum atomic E-state index is 5.10. The Labute approximate surface area is 175 Å². The molecule has 0 atom stereocenters. The van der Waals surface area contributed by atoms with Gasteiger partial charge < -0.3 is 0 Å². The van der Waals surface area contributed by atoms with E-state index < -0.39 is 0 Å². The summed E-state index contributed by atoms with van der Waals surface area (Å²) in [6.45, 7) is 0. The molecule has 0 N–H and O–H groups in total. The van der Waals surface area contributed by atoms with Crippen LogP contribution in [0.4, 0.5) is 0 Å². The van der Waals surface area contributed by atoms with Gasteiger partial charge in [-0.1, -0.05) is 30.3 Å². The summed E-state index contributed by atoms with van der Waals surface area (Å²) in [7, 11) is 0.